The Hall–Kier alpha value is -2.09. The predicted octanol–water partition coefficient (Wildman–Crippen LogP) is 4.50. The van der Waals surface area contributed by atoms with Gasteiger partial charge < -0.3 is 10.7 Å². The molecule has 2 N–H and O–H groups in total. The molecule has 0 saturated carbocycles. The van der Waals surface area contributed by atoms with Crippen molar-refractivity contribution in [3.63, 3.8) is 0 Å². The Kier molecular flexibility index (Phi) is 3.78. The van der Waals surface area contributed by atoms with Crippen molar-refractivity contribution in [3.05, 3.63) is 53.7 Å². The van der Waals surface area contributed by atoms with Gasteiger partial charge in [0.25, 0.3) is 0 Å². The van der Waals surface area contributed by atoms with Gasteiger partial charge in [-0.2, -0.15) is 0 Å². The Morgan fingerprint density at radius 3 is 2.67 bits per heavy atom. The minimum absolute atomic E-state index is 0.864. The molecule has 0 aliphatic rings. The third-order valence-electron chi connectivity index (χ3n) is 3.01. The molecule has 0 radical (unpaired) electrons. The van der Waals surface area contributed by atoms with Crippen molar-refractivity contribution < 1.29 is 0 Å². The molecule has 0 amide bonds. The summed E-state index contributed by atoms with van der Waals surface area (Å²) < 4.78 is 0. The normalized spacial score (nSPS) is 11.6. The Morgan fingerprint density at radius 2 is 1.94 bits per heavy atom. The van der Waals surface area contributed by atoms with Gasteiger partial charge in [0.05, 0.1) is 0 Å². The van der Waals surface area contributed by atoms with E-state index in [1.807, 2.05) is 13.1 Å². The summed E-state index contributed by atoms with van der Waals surface area (Å²) in [6, 6.07) is 12.8. The molecule has 18 heavy (non-hydrogen) atoms. The molecule has 0 bridgehead atoms. The van der Waals surface area contributed by atoms with Crippen molar-refractivity contribution >= 4 is 22.7 Å². The zero-order valence-electron chi connectivity index (χ0n) is 10.8. The summed E-state index contributed by atoms with van der Waals surface area (Å²) in [6.07, 6.45) is 4.14. The van der Waals surface area contributed by atoms with Crippen molar-refractivity contribution in [2.45, 2.75) is 20.3 Å². The van der Waals surface area contributed by atoms with Crippen molar-refractivity contribution in [3.8, 4) is 0 Å². The van der Waals surface area contributed by atoms with E-state index >= 15 is 0 Å². The number of hydrogen-bond donors (Lipinski definition) is 2. The van der Waals surface area contributed by atoms with E-state index in [0.717, 1.165) is 17.7 Å². The van der Waals surface area contributed by atoms with Crippen LogP contribution in [0.4, 0.5) is 5.69 Å². The fraction of sp³-hybridized carbons (Fsp3) is 0.188. The first-order valence-electron chi connectivity index (χ1n) is 6.19. The van der Waals surface area contributed by atoms with Gasteiger partial charge in [-0.3, -0.25) is 0 Å². The molecule has 0 atom stereocenters. The highest BCUT2D eigenvalue weighted by Crippen LogP contribution is 2.20. The van der Waals surface area contributed by atoms with E-state index in [1.54, 1.807) is 0 Å². The maximum Gasteiger partial charge on any atom is 0.0386 e. The molecule has 2 heteroatoms. The predicted molar refractivity (Wildman–Crippen MR) is 79.5 cm³/mol. The van der Waals surface area contributed by atoms with Gasteiger partial charge in [0.1, 0.15) is 0 Å². The van der Waals surface area contributed by atoms with Crippen LogP contribution in [-0.4, -0.2) is 6.21 Å². The molecular formula is C16H18N2. The van der Waals surface area contributed by atoms with Gasteiger partial charge in [0, 0.05) is 18.1 Å². The van der Waals surface area contributed by atoms with Crippen LogP contribution in [0, 0.1) is 12.3 Å². The highest BCUT2D eigenvalue weighted by atomic mass is 14.8. The second-order valence-corrected chi connectivity index (χ2v) is 4.43. The number of aryl methyl sites for hydroxylation is 1. The summed E-state index contributed by atoms with van der Waals surface area (Å²) in [5.41, 5.74) is 3.31. The molecular weight excluding hydrogens is 220 g/mol. The molecule has 2 nitrogen and oxygen atoms in total. The quantitative estimate of drug-likeness (QED) is 0.756. The van der Waals surface area contributed by atoms with Crippen LogP contribution in [-0.2, 0) is 0 Å². The highest BCUT2D eigenvalue weighted by Gasteiger charge is 1.96. The van der Waals surface area contributed by atoms with Crippen molar-refractivity contribution in [2.75, 3.05) is 5.32 Å². The molecule has 0 heterocycles. The SMILES string of the molecule is CC/C(C=N)=C/Nc1ccc2ccc(C)cc2c1. The molecule has 0 saturated heterocycles. The van der Waals surface area contributed by atoms with E-state index in [2.05, 4.69) is 48.6 Å². The van der Waals surface area contributed by atoms with Gasteiger partial charge in [0.2, 0.25) is 0 Å². The van der Waals surface area contributed by atoms with Crippen LogP contribution < -0.4 is 5.32 Å². The molecule has 0 fully saturated rings. The number of rotatable bonds is 4. The van der Waals surface area contributed by atoms with Crippen LogP contribution in [0.15, 0.2) is 48.2 Å². The van der Waals surface area contributed by atoms with Crippen LogP contribution >= 0.6 is 0 Å². The average molecular weight is 238 g/mol. The van der Waals surface area contributed by atoms with Crippen LogP contribution in [0.25, 0.3) is 10.8 Å². The smallest absolute Gasteiger partial charge is 0.0386 e. The number of fused-ring (bicyclic) bond motifs is 1. The van der Waals surface area contributed by atoms with E-state index in [-0.39, 0.29) is 0 Å². The van der Waals surface area contributed by atoms with Crippen LogP contribution in [0.1, 0.15) is 18.9 Å². The maximum absolute atomic E-state index is 7.25. The second kappa shape index (κ2) is 5.50. The van der Waals surface area contributed by atoms with Gasteiger partial charge in [-0.15, -0.1) is 0 Å². The third-order valence-corrected chi connectivity index (χ3v) is 3.01. The minimum atomic E-state index is 0.864. The Balaban J connectivity index is 2.29. The summed E-state index contributed by atoms with van der Waals surface area (Å²) in [6.45, 7) is 4.14. The first-order valence-corrected chi connectivity index (χ1v) is 6.19. The molecule has 0 spiro atoms. The van der Waals surface area contributed by atoms with E-state index in [0.29, 0.717) is 0 Å². The molecule has 2 rings (SSSR count). The Bertz CT molecular complexity index is 597. The largest absolute Gasteiger partial charge is 0.361 e. The zero-order valence-corrected chi connectivity index (χ0v) is 10.8. The molecule has 0 aliphatic carbocycles. The number of allylic oxidation sites excluding steroid dienone is 1. The van der Waals surface area contributed by atoms with Crippen LogP contribution in [0.5, 0.6) is 0 Å². The lowest BCUT2D eigenvalue weighted by Crippen LogP contribution is -1.92. The number of hydrogen-bond acceptors (Lipinski definition) is 2. The Labute approximate surface area is 108 Å². The van der Waals surface area contributed by atoms with Gasteiger partial charge in [-0.05, 0) is 41.8 Å². The van der Waals surface area contributed by atoms with Crippen LogP contribution in [0.2, 0.25) is 0 Å². The average Bonchev–Trinajstić information content (AvgIpc) is 2.39. The number of anilines is 1. The fourth-order valence-electron chi connectivity index (χ4n) is 1.88. The maximum atomic E-state index is 7.25. The van der Waals surface area contributed by atoms with Crippen LogP contribution in [0.3, 0.4) is 0 Å². The number of nitrogens with one attached hydrogen (secondary N) is 2. The second-order valence-electron chi connectivity index (χ2n) is 4.43. The van der Waals surface area contributed by atoms with Gasteiger partial charge in [0.15, 0.2) is 0 Å². The standard InChI is InChI=1S/C16H18N2/c1-3-13(10-17)11-18-16-7-6-14-5-4-12(2)8-15(14)9-16/h4-11,17-18H,3H2,1-2H3/b13-11-,17-10?. The van der Waals surface area contributed by atoms with E-state index < -0.39 is 0 Å². The summed E-state index contributed by atoms with van der Waals surface area (Å²) in [7, 11) is 0. The van der Waals surface area contributed by atoms with Gasteiger partial charge in [-0.25, -0.2) is 0 Å². The topological polar surface area (TPSA) is 35.9 Å². The van der Waals surface area contributed by atoms with Gasteiger partial charge >= 0.3 is 0 Å². The monoisotopic (exact) mass is 238 g/mol. The third kappa shape index (κ3) is 2.77. The molecule has 2 aromatic carbocycles. The zero-order chi connectivity index (χ0) is 13.0. The lowest BCUT2D eigenvalue weighted by molar-refractivity contribution is 1.17. The fourth-order valence-corrected chi connectivity index (χ4v) is 1.88. The molecule has 92 valence electrons. The van der Waals surface area contributed by atoms with Crippen molar-refractivity contribution in [1.29, 1.82) is 5.41 Å². The Morgan fingerprint density at radius 1 is 1.17 bits per heavy atom. The molecule has 0 aromatic heterocycles. The first kappa shape index (κ1) is 12.4. The highest BCUT2D eigenvalue weighted by molar-refractivity contribution is 5.86. The van der Waals surface area contributed by atoms with Gasteiger partial charge in [-0.1, -0.05) is 36.8 Å². The minimum Gasteiger partial charge on any atom is -0.361 e. The van der Waals surface area contributed by atoms with Crippen molar-refractivity contribution in [2.24, 2.45) is 0 Å². The molecule has 0 aliphatic heterocycles. The summed E-state index contributed by atoms with van der Waals surface area (Å²) in [4.78, 5) is 0. The summed E-state index contributed by atoms with van der Waals surface area (Å²) in [5, 5.41) is 13.0. The molecule has 0 unspecified atom stereocenters. The van der Waals surface area contributed by atoms with E-state index in [9.17, 15) is 0 Å². The summed E-state index contributed by atoms with van der Waals surface area (Å²) in [5.74, 6) is 0. The van der Waals surface area contributed by atoms with E-state index in [1.165, 1.54) is 22.6 Å². The summed E-state index contributed by atoms with van der Waals surface area (Å²) >= 11 is 0. The lowest BCUT2D eigenvalue weighted by atomic mass is 10.1. The van der Waals surface area contributed by atoms with Crippen molar-refractivity contribution in [1.82, 2.24) is 0 Å². The number of benzene rings is 2. The lowest BCUT2D eigenvalue weighted by Gasteiger charge is -2.05. The van der Waals surface area contributed by atoms with E-state index in [4.69, 9.17) is 5.41 Å². The molecule has 2 aromatic rings. The first-order chi connectivity index (χ1) is 8.72.